The van der Waals surface area contributed by atoms with Crippen molar-refractivity contribution in [3.05, 3.63) is 93.3 Å². The molecule has 0 saturated heterocycles. The Morgan fingerprint density at radius 1 is 0.867 bits per heavy atom. The number of nitrogens with zero attached hydrogens (tertiary/aromatic N) is 1. The number of anilines is 1. The molecule has 1 unspecified atom stereocenters. The van der Waals surface area contributed by atoms with Crippen LogP contribution in [-0.4, -0.2) is 5.60 Å². The van der Waals surface area contributed by atoms with Gasteiger partial charge in [0.25, 0.3) is 0 Å². The minimum Gasteiger partial charge on any atom is -0.486 e. The fraction of sp³-hybridized carbons (Fsp3) is 0.333. The molecule has 2 heterocycles. The van der Waals surface area contributed by atoms with E-state index in [4.69, 9.17) is 4.74 Å². The van der Waals surface area contributed by atoms with E-state index in [1.165, 1.54) is 39.1 Å². The summed E-state index contributed by atoms with van der Waals surface area (Å²) in [5.41, 5.74) is 9.85. The van der Waals surface area contributed by atoms with Crippen LogP contribution < -0.4 is 9.64 Å². The molecule has 3 aromatic carbocycles. The van der Waals surface area contributed by atoms with Gasteiger partial charge in [-0.2, -0.15) is 0 Å². The van der Waals surface area contributed by atoms with Crippen molar-refractivity contribution in [2.24, 2.45) is 0 Å². The zero-order chi connectivity index (χ0) is 21.2. The van der Waals surface area contributed by atoms with Crippen molar-refractivity contribution in [2.75, 3.05) is 4.90 Å². The monoisotopic (exact) mass is 401 g/mol. The minimum absolute atomic E-state index is 0.0659. The van der Waals surface area contributed by atoms with Gasteiger partial charge in [-0.1, -0.05) is 36.4 Å². The summed E-state index contributed by atoms with van der Waals surface area (Å²) in [5, 5.41) is 0. The molecule has 0 radical (unpaired) electrons. The molecule has 3 heteroatoms. The van der Waals surface area contributed by atoms with Crippen LogP contribution in [0.25, 0.3) is 0 Å². The number of hydrogen-bond acceptors (Lipinski definition) is 2. The highest BCUT2D eigenvalue weighted by molar-refractivity contribution is 5.72. The summed E-state index contributed by atoms with van der Waals surface area (Å²) in [6.45, 7) is 12.8. The van der Waals surface area contributed by atoms with Crippen LogP contribution in [-0.2, 0) is 13.1 Å². The number of rotatable bonds is 2. The summed E-state index contributed by atoms with van der Waals surface area (Å²) in [5.74, 6) is 0.865. The maximum absolute atomic E-state index is 13.6. The van der Waals surface area contributed by atoms with Gasteiger partial charge in [0.05, 0.1) is 5.92 Å². The highest BCUT2D eigenvalue weighted by atomic mass is 19.1. The number of fused-ring (bicyclic) bond motifs is 2. The SMILES string of the molecule is Cc1c(C)c(N2Cc3ccccc3C2)c(C)c2c1OC(C)(C)C2c1ccc(F)cc1. The van der Waals surface area contributed by atoms with Crippen LogP contribution in [0.2, 0.25) is 0 Å². The average Bonchev–Trinajstić information content (AvgIpc) is 3.25. The lowest BCUT2D eigenvalue weighted by Crippen LogP contribution is -2.31. The Hall–Kier alpha value is -2.81. The lowest BCUT2D eigenvalue weighted by Gasteiger charge is -2.28. The van der Waals surface area contributed by atoms with Crippen molar-refractivity contribution in [2.45, 2.75) is 59.2 Å². The molecule has 2 aliphatic heterocycles. The molecule has 3 aromatic rings. The summed E-state index contributed by atoms with van der Waals surface area (Å²) < 4.78 is 20.2. The second kappa shape index (κ2) is 6.60. The van der Waals surface area contributed by atoms with Crippen molar-refractivity contribution < 1.29 is 9.13 Å². The van der Waals surface area contributed by atoms with Crippen LogP contribution >= 0.6 is 0 Å². The van der Waals surface area contributed by atoms with Gasteiger partial charge in [0, 0.05) is 24.3 Å². The Kier molecular flexibility index (Phi) is 4.22. The first-order valence-electron chi connectivity index (χ1n) is 10.7. The van der Waals surface area contributed by atoms with E-state index >= 15 is 0 Å². The predicted octanol–water partition coefficient (Wildman–Crippen LogP) is 6.57. The van der Waals surface area contributed by atoms with Gasteiger partial charge in [0.15, 0.2) is 0 Å². The van der Waals surface area contributed by atoms with E-state index in [2.05, 4.69) is 63.8 Å². The molecule has 0 saturated carbocycles. The van der Waals surface area contributed by atoms with Gasteiger partial charge >= 0.3 is 0 Å². The normalized spacial score (nSPS) is 18.9. The lowest BCUT2D eigenvalue weighted by molar-refractivity contribution is 0.121. The number of ether oxygens (including phenoxy) is 1. The van der Waals surface area contributed by atoms with Crippen LogP contribution in [0.3, 0.4) is 0 Å². The van der Waals surface area contributed by atoms with Gasteiger partial charge in [-0.05, 0) is 80.1 Å². The Labute approximate surface area is 178 Å². The lowest BCUT2D eigenvalue weighted by atomic mass is 9.78. The first-order valence-corrected chi connectivity index (χ1v) is 10.7. The summed E-state index contributed by atoms with van der Waals surface area (Å²) in [7, 11) is 0. The van der Waals surface area contributed by atoms with Gasteiger partial charge in [0.2, 0.25) is 0 Å². The van der Waals surface area contributed by atoms with E-state index in [1.807, 2.05) is 12.1 Å². The van der Waals surface area contributed by atoms with Crippen LogP contribution in [0.4, 0.5) is 10.1 Å². The first kappa shape index (κ1) is 19.2. The number of hydrogen-bond donors (Lipinski definition) is 0. The molecule has 0 fully saturated rings. The molecule has 0 N–H and O–H groups in total. The smallest absolute Gasteiger partial charge is 0.127 e. The number of benzene rings is 3. The highest BCUT2D eigenvalue weighted by Gasteiger charge is 2.45. The van der Waals surface area contributed by atoms with E-state index in [0.717, 1.165) is 24.4 Å². The van der Waals surface area contributed by atoms with Crippen LogP contribution in [0.1, 0.15) is 58.7 Å². The maximum Gasteiger partial charge on any atom is 0.127 e. The van der Waals surface area contributed by atoms with Crippen molar-refractivity contribution in [3.8, 4) is 5.75 Å². The summed E-state index contributed by atoms with van der Waals surface area (Å²) >= 11 is 0. The molecular formula is C27H28FNO. The van der Waals surface area contributed by atoms with Crippen molar-refractivity contribution in [3.63, 3.8) is 0 Å². The largest absolute Gasteiger partial charge is 0.486 e. The molecule has 2 nitrogen and oxygen atoms in total. The quantitative estimate of drug-likeness (QED) is 0.481. The van der Waals surface area contributed by atoms with Gasteiger partial charge < -0.3 is 9.64 Å². The minimum atomic E-state index is -0.394. The fourth-order valence-corrected chi connectivity index (χ4v) is 5.47. The van der Waals surface area contributed by atoms with Gasteiger partial charge in [-0.3, -0.25) is 0 Å². The molecule has 0 spiro atoms. The molecule has 0 aromatic heterocycles. The first-order chi connectivity index (χ1) is 14.3. The van der Waals surface area contributed by atoms with Crippen molar-refractivity contribution in [1.29, 1.82) is 0 Å². The molecular weight excluding hydrogens is 373 g/mol. The Bertz CT molecular complexity index is 1120. The van der Waals surface area contributed by atoms with E-state index < -0.39 is 5.60 Å². The third kappa shape index (κ3) is 2.75. The zero-order valence-corrected chi connectivity index (χ0v) is 18.3. The van der Waals surface area contributed by atoms with E-state index in [9.17, 15) is 4.39 Å². The molecule has 5 rings (SSSR count). The molecule has 0 amide bonds. The fourth-order valence-electron chi connectivity index (χ4n) is 5.47. The van der Waals surface area contributed by atoms with Gasteiger partial charge in [-0.15, -0.1) is 0 Å². The molecule has 1 atom stereocenters. The summed E-state index contributed by atoms with van der Waals surface area (Å²) in [6, 6.07) is 15.6. The highest BCUT2D eigenvalue weighted by Crippen LogP contribution is 2.54. The molecule has 0 aliphatic carbocycles. The van der Waals surface area contributed by atoms with Gasteiger partial charge in [0.1, 0.15) is 17.2 Å². The van der Waals surface area contributed by atoms with E-state index in [0.29, 0.717) is 0 Å². The van der Waals surface area contributed by atoms with Crippen LogP contribution in [0.5, 0.6) is 5.75 Å². The molecule has 2 aliphatic rings. The second-order valence-electron chi connectivity index (χ2n) is 9.28. The Morgan fingerprint density at radius 3 is 2.07 bits per heavy atom. The third-order valence-corrected chi connectivity index (χ3v) is 6.97. The maximum atomic E-state index is 13.6. The van der Waals surface area contributed by atoms with Crippen LogP contribution in [0.15, 0.2) is 48.5 Å². The molecule has 0 bridgehead atoms. The zero-order valence-electron chi connectivity index (χ0n) is 18.3. The van der Waals surface area contributed by atoms with E-state index in [1.54, 1.807) is 12.1 Å². The standard InChI is InChI=1S/C27H28FNO/c1-16-17(2)26-23(24(27(4,5)30-26)19-10-12-22(28)13-11-19)18(3)25(16)29-14-20-8-6-7-9-21(20)15-29/h6-13,24H,14-15H2,1-5H3. The van der Waals surface area contributed by atoms with Crippen molar-refractivity contribution >= 4 is 5.69 Å². The van der Waals surface area contributed by atoms with E-state index in [-0.39, 0.29) is 11.7 Å². The third-order valence-electron chi connectivity index (χ3n) is 6.97. The summed E-state index contributed by atoms with van der Waals surface area (Å²) in [6.07, 6.45) is 0. The molecule has 30 heavy (non-hydrogen) atoms. The van der Waals surface area contributed by atoms with Crippen molar-refractivity contribution in [1.82, 2.24) is 0 Å². The predicted molar refractivity (Wildman–Crippen MR) is 120 cm³/mol. The Morgan fingerprint density at radius 2 is 1.47 bits per heavy atom. The number of halogens is 1. The average molecular weight is 402 g/mol. The second-order valence-corrected chi connectivity index (χ2v) is 9.28. The van der Waals surface area contributed by atoms with Crippen LogP contribution in [0, 0.1) is 26.6 Å². The van der Waals surface area contributed by atoms with Gasteiger partial charge in [-0.25, -0.2) is 4.39 Å². The molecule has 154 valence electrons. The topological polar surface area (TPSA) is 12.5 Å². The summed E-state index contributed by atoms with van der Waals surface area (Å²) in [4.78, 5) is 2.50. The Balaban J connectivity index is 1.68.